The fraction of sp³-hybridized carbons (Fsp3) is 0.533. The Morgan fingerprint density at radius 3 is 2.45 bits per heavy atom. The van der Waals surface area contributed by atoms with Gasteiger partial charge in [-0.05, 0) is 49.4 Å². The lowest BCUT2D eigenvalue weighted by Gasteiger charge is -2.21. The van der Waals surface area contributed by atoms with Crippen LogP contribution in [-0.2, 0) is 14.8 Å². The molecule has 1 aromatic carbocycles. The SMILES string of the molecule is CS(=O)(=O)Nc1ccc(C(=O)NCCC2CCOCC2)cc1. The number of anilines is 1. The molecule has 1 saturated heterocycles. The summed E-state index contributed by atoms with van der Waals surface area (Å²) in [6.45, 7) is 2.27. The zero-order valence-electron chi connectivity index (χ0n) is 12.7. The molecule has 6 nitrogen and oxygen atoms in total. The van der Waals surface area contributed by atoms with Gasteiger partial charge in [0.15, 0.2) is 0 Å². The number of carbonyl (C=O) groups is 1. The molecule has 0 aromatic heterocycles. The third-order valence-electron chi connectivity index (χ3n) is 3.63. The molecule has 1 aliphatic heterocycles. The second-order valence-corrected chi connectivity index (χ2v) is 7.30. The van der Waals surface area contributed by atoms with Crippen LogP contribution in [0.15, 0.2) is 24.3 Å². The van der Waals surface area contributed by atoms with E-state index in [4.69, 9.17) is 4.74 Å². The van der Waals surface area contributed by atoms with Gasteiger partial charge in [0.05, 0.1) is 6.26 Å². The maximum absolute atomic E-state index is 12.0. The number of nitrogens with one attached hydrogen (secondary N) is 2. The number of ether oxygens (including phenoxy) is 1. The molecular weight excluding hydrogens is 304 g/mol. The van der Waals surface area contributed by atoms with Crippen molar-refractivity contribution in [2.45, 2.75) is 19.3 Å². The normalized spacial score (nSPS) is 16.2. The van der Waals surface area contributed by atoms with Crippen LogP contribution in [0.2, 0.25) is 0 Å². The minimum Gasteiger partial charge on any atom is -0.381 e. The summed E-state index contributed by atoms with van der Waals surface area (Å²) in [5, 5.41) is 2.90. The van der Waals surface area contributed by atoms with Crippen LogP contribution in [-0.4, -0.2) is 40.3 Å². The number of hydrogen-bond donors (Lipinski definition) is 2. The highest BCUT2D eigenvalue weighted by Gasteiger charge is 2.14. The van der Waals surface area contributed by atoms with Gasteiger partial charge in [-0.3, -0.25) is 9.52 Å². The Balaban J connectivity index is 1.79. The minimum atomic E-state index is -3.30. The lowest BCUT2D eigenvalue weighted by atomic mass is 9.97. The van der Waals surface area contributed by atoms with Gasteiger partial charge in [-0.1, -0.05) is 0 Å². The van der Waals surface area contributed by atoms with E-state index >= 15 is 0 Å². The Labute approximate surface area is 131 Å². The molecule has 0 spiro atoms. The summed E-state index contributed by atoms with van der Waals surface area (Å²) in [5.74, 6) is 0.480. The first kappa shape index (κ1) is 16.8. The van der Waals surface area contributed by atoms with Gasteiger partial charge in [-0.2, -0.15) is 0 Å². The maximum atomic E-state index is 12.0. The van der Waals surface area contributed by atoms with Crippen molar-refractivity contribution in [2.24, 2.45) is 5.92 Å². The van der Waals surface area contributed by atoms with Crippen LogP contribution in [0.3, 0.4) is 0 Å². The van der Waals surface area contributed by atoms with Gasteiger partial charge in [0.2, 0.25) is 10.0 Å². The van der Waals surface area contributed by atoms with Crippen LogP contribution < -0.4 is 10.0 Å². The number of sulfonamides is 1. The van der Waals surface area contributed by atoms with E-state index in [1.807, 2.05) is 0 Å². The highest BCUT2D eigenvalue weighted by Crippen LogP contribution is 2.17. The molecule has 122 valence electrons. The molecule has 1 aliphatic rings. The first-order valence-electron chi connectivity index (χ1n) is 7.38. The van der Waals surface area contributed by atoms with Gasteiger partial charge in [-0.25, -0.2) is 8.42 Å². The van der Waals surface area contributed by atoms with Gasteiger partial charge in [0, 0.05) is 31.0 Å². The van der Waals surface area contributed by atoms with Crippen molar-refractivity contribution in [2.75, 3.05) is 30.7 Å². The second-order valence-electron chi connectivity index (χ2n) is 5.55. The standard InChI is InChI=1S/C15H22N2O4S/c1-22(19,20)17-14-4-2-13(3-5-14)15(18)16-9-6-12-7-10-21-11-8-12/h2-5,12,17H,6-11H2,1H3,(H,16,18). The smallest absolute Gasteiger partial charge is 0.251 e. The Morgan fingerprint density at radius 1 is 1.23 bits per heavy atom. The van der Waals surface area contributed by atoms with E-state index in [1.165, 1.54) is 0 Å². The van der Waals surface area contributed by atoms with E-state index in [9.17, 15) is 13.2 Å². The summed E-state index contributed by atoms with van der Waals surface area (Å²) < 4.78 is 29.9. The van der Waals surface area contributed by atoms with Gasteiger partial charge in [0.25, 0.3) is 5.91 Å². The van der Waals surface area contributed by atoms with Crippen LogP contribution >= 0.6 is 0 Å². The van der Waals surface area contributed by atoms with Crippen molar-refractivity contribution < 1.29 is 17.9 Å². The van der Waals surface area contributed by atoms with Crippen molar-refractivity contribution in [3.63, 3.8) is 0 Å². The molecule has 1 amide bonds. The molecule has 1 aromatic rings. The molecule has 0 aliphatic carbocycles. The maximum Gasteiger partial charge on any atom is 0.251 e. The van der Waals surface area contributed by atoms with Gasteiger partial charge >= 0.3 is 0 Å². The summed E-state index contributed by atoms with van der Waals surface area (Å²) in [7, 11) is -3.30. The van der Waals surface area contributed by atoms with Crippen molar-refractivity contribution in [1.82, 2.24) is 5.32 Å². The van der Waals surface area contributed by atoms with Crippen molar-refractivity contribution >= 4 is 21.6 Å². The monoisotopic (exact) mass is 326 g/mol. The average Bonchev–Trinajstić information content (AvgIpc) is 2.47. The summed E-state index contributed by atoms with van der Waals surface area (Å²) in [5.41, 5.74) is 0.965. The molecule has 22 heavy (non-hydrogen) atoms. The average molecular weight is 326 g/mol. The van der Waals surface area contributed by atoms with Crippen LogP contribution in [0.25, 0.3) is 0 Å². The lowest BCUT2D eigenvalue weighted by Crippen LogP contribution is -2.27. The van der Waals surface area contributed by atoms with Crippen molar-refractivity contribution in [3.05, 3.63) is 29.8 Å². The number of carbonyl (C=O) groups excluding carboxylic acids is 1. The molecule has 0 unspecified atom stereocenters. The van der Waals surface area contributed by atoms with Crippen LogP contribution in [0.4, 0.5) is 5.69 Å². The van der Waals surface area contributed by atoms with Crippen LogP contribution in [0.5, 0.6) is 0 Å². The Bertz CT molecular complexity index is 592. The highest BCUT2D eigenvalue weighted by atomic mass is 32.2. The lowest BCUT2D eigenvalue weighted by molar-refractivity contribution is 0.0636. The summed E-state index contributed by atoms with van der Waals surface area (Å²) >= 11 is 0. The van der Waals surface area contributed by atoms with Gasteiger partial charge in [-0.15, -0.1) is 0 Å². The zero-order chi connectivity index (χ0) is 16.0. The molecule has 2 N–H and O–H groups in total. The predicted molar refractivity (Wildman–Crippen MR) is 85.4 cm³/mol. The molecule has 1 heterocycles. The molecule has 1 fully saturated rings. The quantitative estimate of drug-likeness (QED) is 0.832. The van der Waals surface area contributed by atoms with E-state index in [-0.39, 0.29) is 5.91 Å². The Morgan fingerprint density at radius 2 is 1.86 bits per heavy atom. The van der Waals surface area contributed by atoms with Crippen LogP contribution in [0, 0.1) is 5.92 Å². The number of hydrogen-bond acceptors (Lipinski definition) is 4. The summed E-state index contributed by atoms with van der Waals surface area (Å²) in [4.78, 5) is 12.0. The molecular formula is C15H22N2O4S. The van der Waals surface area contributed by atoms with Gasteiger partial charge in [0.1, 0.15) is 0 Å². The van der Waals surface area contributed by atoms with E-state index in [0.29, 0.717) is 23.7 Å². The Hall–Kier alpha value is -1.60. The third kappa shape index (κ3) is 5.65. The summed E-state index contributed by atoms with van der Waals surface area (Å²) in [6.07, 6.45) is 4.16. The van der Waals surface area contributed by atoms with Crippen LogP contribution in [0.1, 0.15) is 29.6 Å². The van der Waals surface area contributed by atoms with E-state index in [0.717, 1.165) is 38.7 Å². The molecule has 0 radical (unpaired) electrons. The summed E-state index contributed by atoms with van der Waals surface area (Å²) in [6, 6.07) is 6.37. The number of amides is 1. The molecule has 0 saturated carbocycles. The molecule has 0 atom stereocenters. The van der Waals surface area contributed by atoms with E-state index in [2.05, 4.69) is 10.0 Å². The molecule has 0 bridgehead atoms. The Kier molecular flexibility index (Phi) is 5.79. The first-order chi connectivity index (χ1) is 10.4. The molecule has 7 heteroatoms. The number of rotatable bonds is 6. The fourth-order valence-corrected chi connectivity index (χ4v) is 2.99. The second kappa shape index (κ2) is 7.60. The van der Waals surface area contributed by atoms with Gasteiger partial charge < -0.3 is 10.1 Å². The highest BCUT2D eigenvalue weighted by molar-refractivity contribution is 7.92. The van der Waals surface area contributed by atoms with E-state index in [1.54, 1.807) is 24.3 Å². The fourth-order valence-electron chi connectivity index (χ4n) is 2.43. The topological polar surface area (TPSA) is 84.5 Å². The minimum absolute atomic E-state index is 0.141. The number of benzene rings is 1. The third-order valence-corrected chi connectivity index (χ3v) is 4.24. The molecule has 2 rings (SSSR count). The van der Waals surface area contributed by atoms with E-state index < -0.39 is 10.0 Å². The largest absolute Gasteiger partial charge is 0.381 e. The first-order valence-corrected chi connectivity index (χ1v) is 9.27. The van der Waals surface area contributed by atoms with Crippen molar-refractivity contribution in [1.29, 1.82) is 0 Å². The zero-order valence-corrected chi connectivity index (χ0v) is 13.5. The predicted octanol–water partition coefficient (Wildman–Crippen LogP) is 1.60. The van der Waals surface area contributed by atoms with Crippen molar-refractivity contribution in [3.8, 4) is 0 Å².